The summed E-state index contributed by atoms with van der Waals surface area (Å²) in [5, 5.41) is 8.36. The van der Waals surface area contributed by atoms with Crippen LogP contribution in [0.15, 0.2) is 6.20 Å². The molecule has 1 aromatic rings. The van der Waals surface area contributed by atoms with Gasteiger partial charge < -0.3 is 9.64 Å². The number of hydrogen-bond donors (Lipinski definition) is 0. The summed E-state index contributed by atoms with van der Waals surface area (Å²) < 4.78 is 7.17. The van der Waals surface area contributed by atoms with E-state index < -0.39 is 0 Å². The molecule has 6 nitrogen and oxygen atoms in total. The van der Waals surface area contributed by atoms with E-state index in [9.17, 15) is 4.79 Å². The van der Waals surface area contributed by atoms with Gasteiger partial charge in [-0.1, -0.05) is 24.5 Å². The molecule has 1 aliphatic heterocycles. The highest BCUT2D eigenvalue weighted by molar-refractivity contribution is 5.92. The second-order valence-corrected chi connectivity index (χ2v) is 6.48. The molecule has 22 heavy (non-hydrogen) atoms. The number of aromatic nitrogens is 3. The number of amides is 1. The minimum Gasteiger partial charge on any atom is -0.383 e. The SMILES string of the molecule is COCC1CCCCN1C(=O)c1cn(C2CCCCC2)nn1. The summed E-state index contributed by atoms with van der Waals surface area (Å²) in [5.74, 6) is 0.00353. The molecular weight excluding hydrogens is 280 g/mol. The summed E-state index contributed by atoms with van der Waals surface area (Å²) in [5.41, 5.74) is 0.480. The Morgan fingerprint density at radius 1 is 1.23 bits per heavy atom. The highest BCUT2D eigenvalue weighted by Gasteiger charge is 2.29. The standard InChI is InChI=1S/C16H26N4O2/c1-22-12-14-9-5-6-10-19(14)16(21)15-11-20(18-17-15)13-7-3-2-4-8-13/h11,13-14H,2-10,12H2,1H3. The van der Waals surface area contributed by atoms with Gasteiger partial charge in [-0.25, -0.2) is 4.68 Å². The number of piperidine rings is 1. The molecule has 1 aromatic heterocycles. The predicted molar refractivity (Wildman–Crippen MR) is 82.7 cm³/mol. The Morgan fingerprint density at radius 3 is 2.77 bits per heavy atom. The molecule has 2 fully saturated rings. The molecule has 0 aromatic carbocycles. The predicted octanol–water partition coefficient (Wildman–Crippen LogP) is 2.42. The minimum atomic E-state index is 0.00353. The maximum absolute atomic E-state index is 12.7. The minimum absolute atomic E-state index is 0.00353. The quantitative estimate of drug-likeness (QED) is 0.857. The molecule has 1 atom stereocenters. The molecule has 1 saturated heterocycles. The molecule has 122 valence electrons. The van der Waals surface area contributed by atoms with Gasteiger partial charge in [0, 0.05) is 13.7 Å². The molecule has 1 saturated carbocycles. The fourth-order valence-electron chi connectivity index (χ4n) is 3.68. The van der Waals surface area contributed by atoms with E-state index in [2.05, 4.69) is 10.3 Å². The van der Waals surface area contributed by atoms with Crippen LogP contribution in [0.4, 0.5) is 0 Å². The maximum Gasteiger partial charge on any atom is 0.276 e. The van der Waals surface area contributed by atoms with Crippen LogP contribution in [0.3, 0.4) is 0 Å². The highest BCUT2D eigenvalue weighted by Crippen LogP contribution is 2.27. The Hall–Kier alpha value is -1.43. The molecule has 0 N–H and O–H groups in total. The van der Waals surface area contributed by atoms with Gasteiger partial charge in [0.2, 0.25) is 0 Å². The fraction of sp³-hybridized carbons (Fsp3) is 0.812. The van der Waals surface area contributed by atoms with E-state index in [1.807, 2.05) is 15.8 Å². The third kappa shape index (κ3) is 3.32. The van der Waals surface area contributed by atoms with E-state index in [0.717, 1.165) is 38.6 Å². The van der Waals surface area contributed by atoms with Gasteiger partial charge in [0.15, 0.2) is 5.69 Å². The number of hydrogen-bond acceptors (Lipinski definition) is 4. The average molecular weight is 306 g/mol. The molecular formula is C16H26N4O2. The summed E-state index contributed by atoms with van der Waals surface area (Å²) in [6, 6.07) is 0.588. The van der Waals surface area contributed by atoms with Gasteiger partial charge in [0.05, 0.1) is 24.9 Å². The van der Waals surface area contributed by atoms with Crippen LogP contribution in [-0.4, -0.2) is 52.1 Å². The van der Waals surface area contributed by atoms with Gasteiger partial charge in [-0.15, -0.1) is 5.10 Å². The highest BCUT2D eigenvalue weighted by atomic mass is 16.5. The average Bonchev–Trinajstić information content (AvgIpc) is 3.06. The lowest BCUT2D eigenvalue weighted by atomic mass is 9.96. The lowest BCUT2D eigenvalue weighted by Crippen LogP contribution is -2.46. The summed E-state index contributed by atoms with van der Waals surface area (Å²) in [6.45, 7) is 1.39. The van der Waals surface area contributed by atoms with Crippen molar-refractivity contribution in [2.75, 3.05) is 20.3 Å². The first-order valence-corrected chi connectivity index (χ1v) is 8.51. The number of methoxy groups -OCH3 is 1. The van der Waals surface area contributed by atoms with E-state index in [1.54, 1.807) is 7.11 Å². The van der Waals surface area contributed by atoms with Crippen molar-refractivity contribution < 1.29 is 9.53 Å². The van der Waals surface area contributed by atoms with E-state index >= 15 is 0 Å². The zero-order valence-corrected chi connectivity index (χ0v) is 13.4. The van der Waals surface area contributed by atoms with Gasteiger partial charge in [-0.2, -0.15) is 0 Å². The molecule has 1 amide bonds. The van der Waals surface area contributed by atoms with Crippen molar-refractivity contribution in [3.63, 3.8) is 0 Å². The van der Waals surface area contributed by atoms with Crippen LogP contribution < -0.4 is 0 Å². The normalized spacial score (nSPS) is 23.7. The fourth-order valence-corrected chi connectivity index (χ4v) is 3.68. The molecule has 0 spiro atoms. The van der Waals surface area contributed by atoms with Crippen molar-refractivity contribution in [3.8, 4) is 0 Å². The topological polar surface area (TPSA) is 60.2 Å². The van der Waals surface area contributed by atoms with Crippen LogP contribution >= 0.6 is 0 Å². The number of carbonyl (C=O) groups excluding carboxylic acids is 1. The molecule has 2 aliphatic rings. The third-order valence-electron chi connectivity index (χ3n) is 4.93. The Morgan fingerprint density at radius 2 is 2.00 bits per heavy atom. The lowest BCUT2D eigenvalue weighted by Gasteiger charge is -2.34. The first-order chi connectivity index (χ1) is 10.8. The number of likely N-dealkylation sites (tertiary alicyclic amines) is 1. The smallest absolute Gasteiger partial charge is 0.276 e. The second-order valence-electron chi connectivity index (χ2n) is 6.48. The number of ether oxygens (including phenoxy) is 1. The first-order valence-electron chi connectivity index (χ1n) is 8.51. The van der Waals surface area contributed by atoms with Crippen LogP contribution in [0.1, 0.15) is 67.9 Å². The largest absolute Gasteiger partial charge is 0.383 e. The lowest BCUT2D eigenvalue weighted by molar-refractivity contribution is 0.0423. The van der Waals surface area contributed by atoms with Crippen LogP contribution in [-0.2, 0) is 4.74 Å². The number of carbonyl (C=O) groups is 1. The van der Waals surface area contributed by atoms with Gasteiger partial charge in [-0.05, 0) is 32.1 Å². The summed E-state index contributed by atoms with van der Waals surface area (Å²) >= 11 is 0. The van der Waals surface area contributed by atoms with Crippen molar-refractivity contribution >= 4 is 5.91 Å². The zero-order valence-electron chi connectivity index (χ0n) is 13.4. The molecule has 6 heteroatoms. The molecule has 3 rings (SSSR count). The molecule has 1 unspecified atom stereocenters. The van der Waals surface area contributed by atoms with Crippen molar-refractivity contribution in [3.05, 3.63) is 11.9 Å². The second kappa shape index (κ2) is 7.22. The molecule has 1 aliphatic carbocycles. The Bertz CT molecular complexity index is 494. The maximum atomic E-state index is 12.7. The first kappa shape index (κ1) is 15.5. The van der Waals surface area contributed by atoms with E-state index in [0.29, 0.717) is 18.3 Å². The zero-order chi connectivity index (χ0) is 15.4. The third-order valence-corrected chi connectivity index (χ3v) is 4.93. The van der Waals surface area contributed by atoms with Crippen LogP contribution in [0.2, 0.25) is 0 Å². The van der Waals surface area contributed by atoms with Crippen LogP contribution in [0.5, 0.6) is 0 Å². The Balaban J connectivity index is 1.69. The Kier molecular flexibility index (Phi) is 5.08. The van der Waals surface area contributed by atoms with Gasteiger partial charge in [0.25, 0.3) is 5.91 Å². The van der Waals surface area contributed by atoms with E-state index in [-0.39, 0.29) is 11.9 Å². The van der Waals surface area contributed by atoms with Crippen LogP contribution in [0.25, 0.3) is 0 Å². The van der Waals surface area contributed by atoms with Crippen molar-refractivity contribution in [2.45, 2.75) is 63.5 Å². The van der Waals surface area contributed by atoms with Crippen molar-refractivity contribution in [1.29, 1.82) is 0 Å². The molecule has 0 radical (unpaired) electrons. The number of nitrogens with zero attached hydrogens (tertiary/aromatic N) is 4. The van der Waals surface area contributed by atoms with Crippen LogP contribution in [0, 0.1) is 0 Å². The van der Waals surface area contributed by atoms with E-state index in [4.69, 9.17) is 4.74 Å². The van der Waals surface area contributed by atoms with Crippen molar-refractivity contribution in [1.82, 2.24) is 19.9 Å². The van der Waals surface area contributed by atoms with Crippen molar-refractivity contribution in [2.24, 2.45) is 0 Å². The molecule has 2 heterocycles. The molecule has 0 bridgehead atoms. The van der Waals surface area contributed by atoms with Gasteiger partial charge in [-0.3, -0.25) is 4.79 Å². The summed E-state index contributed by atoms with van der Waals surface area (Å²) in [7, 11) is 1.69. The summed E-state index contributed by atoms with van der Waals surface area (Å²) in [6.07, 6.45) is 11.2. The van der Waals surface area contributed by atoms with E-state index in [1.165, 1.54) is 19.3 Å². The number of rotatable bonds is 4. The van der Waals surface area contributed by atoms with Gasteiger partial charge in [0.1, 0.15) is 0 Å². The summed E-state index contributed by atoms with van der Waals surface area (Å²) in [4.78, 5) is 14.7. The Labute approximate surface area is 131 Å². The monoisotopic (exact) mass is 306 g/mol. The van der Waals surface area contributed by atoms with Gasteiger partial charge >= 0.3 is 0 Å².